The van der Waals surface area contributed by atoms with Crippen molar-refractivity contribution in [3.8, 4) is 0 Å². The second-order valence-corrected chi connectivity index (χ2v) is 4.09. The first-order chi connectivity index (χ1) is 6.40. The van der Waals surface area contributed by atoms with Crippen molar-refractivity contribution in [3.05, 3.63) is 12.2 Å². The minimum absolute atomic E-state index is 0.257. The number of fused-ring (bicyclic) bond motifs is 1. The van der Waals surface area contributed by atoms with Crippen LogP contribution in [-0.2, 0) is 0 Å². The number of rotatable bonds is 2. The maximum Gasteiger partial charge on any atom is 0.119 e. The zero-order chi connectivity index (χ0) is 9.10. The van der Waals surface area contributed by atoms with Crippen molar-refractivity contribution in [2.24, 2.45) is 4.99 Å². The molecular weight excluding hydrogens is 230 g/mol. The lowest BCUT2D eigenvalue weighted by Crippen LogP contribution is -2.55. The summed E-state index contributed by atoms with van der Waals surface area (Å²) in [6.45, 7) is 2.05. The van der Waals surface area contributed by atoms with Gasteiger partial charge in [0.25, 0.3) is 0 Å². The van der Waals surface area contributed by atoms with Crippen molar-refractivity contribution in [1.82, 2.24) is 10.6 Å². The molecular formula is C9H14BrN3. The van der Waals surface area contributed by atoms with Gasteiger partial charge in [-0.05, 0) is 12.5 Å². The van der Waals surface area contributed by atoms with Crippen LogP contribution in [0.4, 0.5) is 0 Å². The second-order valence-electron chi connectivity index (χ2n) is 3.30. The summed E-state index contributed by atoms with van der Waals surface area (Å²) in [6, 6.07) is 0.396. The van der Waals surface area contributed by atoms with Gasteiger partial charge in [-0.2, -0.15) is 0 Å². The monoisotopic (exact) mass is 243 g/mol. The Balaban J connectivity index is 2.02. The van der Waals surface area contributed by atoms with Gasteiger partial charge in [-0.15, -0.1) is 0 Å². The minimum atomic E-state index is 0.257. The normalized spacial score (nSPS) is 32.5. The Labute approximate surface area is 86.8 Å². The molecule has 0 aromatic heterocycles. The predicted molar refractivity (Wildman–Crippen MR) is 58.6 cm³/mol. The van der Waals surface area contributed by atoms with Gasteiger partial charge in [0.2, 0.25) is 0 Å². The number of nitrogens with zero attached hydrogens (tertiary/aromatic N) is 1. The number of hydrogen-bond acceptors (Lipinski definition) is 3. The molecule has 0 aliphatic carbocycles. The van der Waals surface area contributed by atoms with Crippen LogP contribution in [0.5, 0.6) is 0 Å². The highest BCUT2D eigenvalue weighted by molar-refractivity contribution is 9.09. The van der Waals surface area contributed by atoms with Crippen molar-refractivity contribution in [2.75, 3.05) is 18.4 Å². The van der Waals surface area contributed by atoms with Crippen LogP contribution >= 0.6 is 15.9 Å². The molecule has 2 aliphatic rings. The summed E-state index contributed by atoms with van der Waals surface area (Å²) in [7, 11) is 0. The van der Waals surface area contributed by atoms with Crippen molar-refractivity contribution in [3.63, 3.8) is 0 Å². The van der Waals surface area contributed by atoms with E-state index >= 15 is 0 Å². The van der Waals surface area contributed by atoms with Crippen molar-refractivity contribution >= 4 is 21.6 Å². The molecule has 2 aliphatic heterocycles. The largest absolute Gasteiger partial charge is 0.306 e. The van der Waals surface area contributed by atoms with Crippen molar-refractivity contribution < 1.29 is 0 Å². The van der Waals surface area contributed by atoms with Crippen LogP contribution in [-0.4, -0.2) is 36.3 Å². The molecule has 2 atom stereocenters. The molecule has 0 radical (unpaired) electrons. The molecule has 1 saturated heterocycles. The van der Waals surface area contributed by atoms with Crippen LogP contribution < -0.4 is 10.6 Å². The lowest BCUT2D eigenvalue weighted by molar-refractivity contribution is 0.369. The van der Waals surface area contributed by atoms with Gasteiger partial charge < -0.3 is 5.32 Å². The van der Waals surface area contributed by atoms with Gasteiger partial charge in [-0.25, -0.2) is 0 Å². The highest BCUT2D eigenvalue weighted by Crippen LogP contribution is 2.10. The highest BCUT2D eigenvalue weighted by atomic mass is 79.9. The maximum absolute atomic E-state index is 4.62. The Bertz CT molecular complexity index is 237. The lowest BCUT2D eigenvalue weighted by Gasteiger charge is -2.31. The topological polar surface area (TPSA) is 36.4 Å². The number of piperazine rings is 1. The smallest absolute Gasteiger partial charge is 0.119 e. The Morgan fingerprint density at radius 1 is 1.46 bits per heavy atom. The van der Waals surface area contributed by atoms with E-state index < -0.39 is 0 Å². The van der Waals surface area contributed by atoms with Gasteiger partial charge in [0.15, 0.2) is 0 Å². The summed E-state index contributed by atoms with van der Waals surface area (Å²) in [5.74, 6) is 0. The Hall–Kier alpha value is -0.190. The maximum atomic E-state index is 4.62. The molecule has 72 valence electrons. The molecule has 2 rings (SSSR count). The van der Waals surface area contributed by atoms with E-state index in [0.717, 1.165) is 24.8 Å². The second kappa shape index (κ2) is 4.35. The van der Waals surface area contributed by atoms with Crippen molar-refractivity contribution in [2.45, 2.75) is 18.6 Å². The SMILES string of the molecule is BrCCC1=NC2NCCNC2C=C1. The van der Waals surface area contributed by atoms with Gasteiger partial charge >= 0.3 is 0 Å². The summed E-state index contributed by atoms with van der Waals surface area (Å²) in [5, 5.41) is 7.80. The van der Waals surface area contributed by atoms with Crippen LogP contribution in [0, 0.1) is 0 Å². The number of aliphatic imine (C=N–C) groups is 1. The zero-order valence-electron chi connectivity index (χ0n) is 7.46. The Morgan fingerprint density at radius 2 is 2.31 bits per heavy atom. The zero-order valence-corrected chi connectivity index (χ0v) is 9.05. The first-order valence-corrected chi connectivity index (χ1v) is 5.80. The summed E-state index contributed by atoms with van der Waals surface area (Å²) in [4.78, 5) is 4.62. The molecule has 0 aromatic rings. The fourth-order valence-corrected chi connectivity index (χ4v) is 2.08. The van der Waals surface area contributed by atoms with Gasteiger partial charge in [0, 0.05) is 24.1 Å². The van der Waals surface area contributed by atoms with Gasteiger partial charge in [0.05, 0.1) is 6.04 Å². The highest BCUT2D eigenvalue weighted by Gasteiger charge is 2.23. The van der Waals surface area contributed by atoms with Crippen LogP contribution in [0.1, 0.15) is 6.42 Å². The van der Waals surface area contributed by atoms with E-state index in [1.165, 1.54) is 5.71 Å². The van der Waals surface area contributed by atoms with E-state index in [9.17, 15) is 0 Å². The van der Waals surface area contributed by atoms with E-state index in [0.29, 0.717) is 6.04 Å². The van der Waals surface area contributed by atoms with Gasteiger partial charge in [-0.3, -0.25) is 10.3 Å². The molecule has 3 nitrogen and oxygen atoms in total. The van der Waals surface area contributed by atoms with Gasteiger partial charge in [-0.1, -0.05) is 22.0 Å². The standard InChI is InChI=1S/C9H14BrN3/c10-4-3-7-1-2-8-9(13-7)12-6-5-11-8/h1-2,8-9,11-12H,3-6H2. The first kappa shape index (κ1) is 9.37. The summed E-state index contributed by atoms with van der Waals surface area (Å²) < 4.78 is 0. The third kappa shape index (κ3) is 2.18. The molecule has 2 unspecified atom stereocenters. The van der Waals surface area contributed by atoms with Crippen LogP contribution in [0.25, 0.3) is 0 Å². The molecule has 1 fully saturated rings. The minimum Gasteiger partial charge on any atom is -0.306 e. The quantitative estimate of drug-likeness (QED) is 0.700. The molecule has 4 heteroatoms. The van der Waals surface area contributed by atoms with Crippen LogP contribution in [0.15, 0.2) is 17.1 Å². The predicted octanol–water partition coefficient (Wildman–Crippen LogP) is 0.670. The number of alkyl halides is 1. The third-order valence-corrected chi connectivity index (χ3v) is 2.75. The molecule has 2 heterocycles. The molecule has 0 bridgehead atoms. The number of dihydropyridines is 1. The van der Waals surface area contributed by atoms with E-state index in [1.807, 2.05) is 0 Å². The average Bonchev–Trinajstić information content (AvgIpc) is 2.18. The number of allylic oxidation sites excluding steroid dienone is 1. The molecule has 2 N–H and O–H groups in total. The summed E-state index contributed by atoms with van der Waals surface area (Å²) in [6.07, 6.45) is 5.61. The van der Waals surface area contributed by atoms with E-state index in [-0.39, 0.29) is 6.17 Å². The molecule has 0 aromatic carbocycles. The molecule has 0 amide bonds. The summed E-state index contributed by atoms with van der Waals surface area (Å²) in [5.41, 5.74) is 1.19. The fourth-order valence-electron chi connectivity index (χ4n) is 1.68. The Morgan fingerprint density at radius 3 is 3.15 bits per heavy atom. The first-order valence-electron chi connectivity index (χ1n) is 4.68. The number of halogens is 1. The molecule has 0 spiro atoms. The lowest BCUT2D eigenvalue weighted by atomic mass is 10.1. The van der Waals surface area contributed by atoms with Gasteiger partial charge in [0.1, 0.15) is 6.17 Å². The Kier molecular flexibility index (Phi) is 3.14. The van der Waals surface area contributed by atoms with Crippen LogP contribution in [0.2, 0.25) is 0 Å². The number of hydrogen-bond donors (Lipinski definition) is 2. The number of nitrogens with one attached hydrogen (secondary N) is 2. The van der Waals surface area contributed by atoms with E-state index in [1.54, 1.807) is 0 Å². The van der Waals surface area contributed by atoms with Crippen LogP contribution in [0.3, 0.4) is 0 Å². The molecule has 13 heavy (non-hydrogen) atoms. The summed E-state index contributed by atoms with van der Waals surface area (Å²) >= 11 is 3.42. The van der Waals surface area contributed by atoms with E-state index in [4.69, 9.17) is 0 Å². The van der Waals surface area contributed by atoms with E-state index in [2.05, 4.69) is 43.7 Å². The average molecular weight is 244 g/mol. The van der Waals surface area contributed by atoms with Crippen molar-refractivity contribution in [1.29, 1.82) is 0 Å². The molecule has 0 saturated carbocycles. The fraction of sp³-hybridized carbons (Fsp3) is 0.667. The third-order valence-electron chi connectivity index (χ3n) is 2.35.